The van der Waals surface area contributed by atoms with Gasteiger partial charge in [-0.1, -0.05) is 0 Å². The van der Waals surface area contributed by atoms with Crippen molar-refractivity contribution < 1.29 is 19.8 Å². The first kappa shape index (κ1) is 20.9. The van der Waals surface area contributed by atoms with Crippen LogP contribution in [0.25, 0.3) is 0 Å². The third-order valence-corrected chi connectivity index (χ3v) is 0.881. The van der Waals surface area contributed by atoms with E-state index in [9.17, 15) is 9.59 Å². The SMILES string of the molecule is N#CCCN.N#CCCN.O=C(O)/C=C\C(=O)O. The highest BCUT2D eigenvalue weighted by Crippen LogP contribution is 1.70. The minimum atomic E-state index is -1.26. The number of nitrogens with two attached hydrogens (primary N) is 2. The standard InChI is InChI=1S/C4H4O4.2C3H6N2/c5-3(6)1-2-4(7)8;2*4-2-1-3-5/h1-2H,(H,5,6)(H,7,8);2*1-2,4H2/b2-1-;;. The lowest BCUT2D eigenvalue weighted by Gasteiger charge is -1.74. The summed E-state index contributed by atoms with van der Waals surface area (Å²) in [5.74, 6) is -2.51. The molecular weight excluding hydrogens is 240 g/mol. The van der Waals surface area contributed by atoms with Crippen LogP contribution in [0.1, 0.15) is 12.8 Å². The molecule has 0 amide bonds. The van der Waals surface area contributed by atoms with Crippen LogP contribution < -0.4 is 11.5 Å². The number of aliphatic carboxylic acids is 2. The predicted octanol–water partition coefficient (Wildman–Crippen LogP) is -0.571. The zero-order valence-corrected chi connectivity index (χ0v) is 9.74. The largest absolute Gasteiger partial charge is 0.478 e. The number of carbonyl (C=O) groups is 2. The summed E-state index contributed by atoms with van der Waals surface area (Å²) in [6.45, 7) is 0.965. The van der Waals surface area contributed by atoms with Crippen LogP contribution in [0, 0.1) is 22.7 Å². The molecule has 0 aliphatic rings. The molecule has 0 fully saturated rings. The quantitative estimate of drug-likeness (QED) is 0.483. The molecule has 18 heavy (non-hydrogen) atoms. The van der Waals surface area contributed by atoms with Crippen LogP contribution in [0.2, 0.25) is 0 Å². The summed E-state index contributed by atoms with van der Waals surface area (Å²) in [4.78, 5) is 19.1. The van der Waals surface area contributed by atoms with Crippen LogP contribution in [-0.4, -0.2) is 35.2 Å². The van der Waals surface area contributed by atoms with Gasteiger partial charge >= 0.3 is 11.9 Å². The minimum absolute atomic E-state index is 0.472. The van der Waals surface area contributed by atoms with Gasteiger partial charge in [0, 0.05) is 38.1 Å². The summed E-state index contributed by atoms with van der Waals surface area (Å²) in [7, 11) is 0. The molecule has 0 unspecified atom stereocenters. The Kier molecular flexibility index (Phi) is 23.3. The van der Waals surface area contributed by atoms with Crippen LogP contribution in [0.3, 0.4) is 0 Å². The van der Waals surface area contributed by atoms with Crippen molar-refractivity contribution in [2.45, 2.75) is 12.8 Å². The number of hydrogen-bond donors (Lipinski definition) is 4. The molecule has 0 heterocycles. The molecule has 0 saturated heterocycles. The van der Waals surface area contributed by atoms with Gasteiger partial charge in [-0.05, 0) is 0 Å². The molecule has 100 valence electrons. The maximum atomic E-state index is 9.55. The van der Waals surface area contributed by atoms with Gasteiger partial charge in [0.2, 0.25) is 0 Å². The van der Waals surface area contributed by atoms with E-state index in [1.807, 2.05) is 12.1 Å². The van der Waals surface area contributed by atoms with E-state index >= 15 is 0 Å². The molecule has 8 heteroatoms. The Bertz CT molecular complexity index is 296. The van der Waals surface area contributed by atoms with E-state index in [1.165, 1.54) is 0 Å². The molecule has 0 saturated carbocycles. The van der Waals surface area contributed by atoms with Gasteiger partial charge in [-0.15, -0.1) is 0 Å². The molecule has 0 aliphatic carbocycles. The van der Waals surface area contributed by atoms with Gasteiger partial charge in [0.15, 0.2) is 0 Å². The summed E-state index contributed by atoms with van der Waals surface area (Å²) in [5.41, 5.74) is 9.83. The van der Waals surface area contributed by atoms with Crippen LogP contribution in [0.4, 0.5) is 0 Å². The van der Waals surface area contributed by atoms with E-state index in [2.05, 4.69) is 0 Å². The van der Waals surface area contributed by atoms with Gasteiger partial charge in [-0.25, -0.2) is 9.59 Å². The zero-order valence-electron chi connectivity index (χ0n) is 9.74. The predicted molar refractivity (Wildman–Crippen MR) is 63.0 cm³/mol. The average molecular weight is 256 g/mol. The van der Waals surface area contributed by atoms with Crippen molar-refractivity contribution in [3.8, 4) is 12.1 Å². The average Bonchev–Trinajstić information content (AvgIpc) is 2.30. The fourth-order valence-corrected chi connectivity index (χ4v) is 0.272. The first-order valence-corrected chi connectivity index (χ1v) is 4.74. The van der Waals surface area contributed by atoms with E-state index in [4.69, 9.17) is 32.2 Å². The highest BCUT2D eigenvalue weighted by atomic mass is 16.4. The van der Waals surface area contributed by atoms with Crippen LogP contribution in [-0.2, 0) is 9.59 Å². The number of rotatable bonds is 4. The summed E-state index contributed by atoms with van der Waals surface area (Å²) in [5, 5.41) is 31.1. The second kappa shape index (κ2) is 20.1. The summed E-state index contributed by atoms with van der Waals surface area (Å²) in [6.07, 6.45) is 2.06. The molecule has 0 aromatic heterocycles. The Morgan fingerprint density at radius 2 is 1.22 bits per heavy atom. The van der Waals surface area contributed by atoms with Crippen molar-refractivity contribution in [2.24, 2.45) is 11.5 Å². The summed E-state index contributed by atoms with van der Waals surface area (Å²) >= 11 is 0. The van der Waals surface area contributed by atoms with Gasteiger partial charge in [0.1, 0.15) is 0 Å². The molecule has 0 aromatic rings. The van der Waals surface area contributed by atoms with Gasteiger partial charge in [0.05, 0.1) is 12.1 Å². The monoisotopic (exact) mass is 256 g/mol. The lowest BCUT2D eigenvalue weighted by atomic mass is 10.5. The number of nitrogens with zero attached hydrogens (tertiary/aromatic N) is 2. The van der Waals surface area contributed by atoms with Crippen LogP contribution >= 0.6 is 0 Å². The normalized spacial score (nSPS) is 7.78. The Balaban J connectivity index is -0.000000197. The second-order valence-corrected chi connectivity index (χ2v) is 2.40. The molecule has 8 nitrogen and oxygen atoms in total. The molecule has 0 aromatic carbocycles. The van der Waals surface area contributed by atoms with Crippen molar-refractivity contribution in [1.82, 2.24) is 0 Å². The zero-order chi connectivity index (χ0) is 14.8. The van der Waals surface area contributed by atoms with Crippen molar-refractivity contribution in [2.75, 3.05) is 13.1 Å². The van der Waals surface area contributed by atoms with Crippen molar-refractivity contribution in [3.63, 3.8) is 0 Å². The van der Waals surface area contributed by atoms with Crippen LogP contribution in [0.5, 0.6) is 0 Å². The lowest BCUT2D eigenvalue weighted by Crippen LogP contribution is -1.94. The fourth-order valence-electron chi connectivity index (χ4n) is 0.272. The fraction of sp³-hybridized carbons (Fsp3) is 0.400. The molecule has 0 atom stereocenters. The topological polar surface area (TPSA) is 174 Å². The molecule has 0 spiro atoms. The van der Waals surface area contributed by atoms with Gasteiger partial charge < -0.3 is 21.7 Å². The van der Waals surface area contributed by atoms with Crippen molar-refractivity contribution in [1.29, 1.82) is 10.5 Å². The molecule has 0 rings (SSSR count). The molecule has 0 radical (unpaired) electrons. The molecule has 0 aliphatic heterocycles. The van der Waals surface area contributed by atoms with E-state index in [-0.39, 0.29) is 0 Å². The van der Waals surface area contributed by atoms with E-state index < -0.39 is 11.9 Å². The molecule has 6 N–H and O–H groups in total. The Morgan fingerprint density at radius 3 is 1.28 bits per heavy atom. The van der Waals surface area contributed by atoms with Gasteiger partial charge in [-0.2, -0.15) is 10.5 Å². The maximum Gasteiger partial charge on any atom is 0.328 e. The van der Waals surface area contributed by atoms with E-state index in [0.717, 1.165) is 0 Å². The number of carboxylic acids is 2. The first-order valence-electron chi connectivity index (χ1n) is 4.74. The maximum absolute atomic E-state index is 9.55. The number of hydrogen-bond acceptors (Lipinski definition) is 6. The second-order valence-electron chi connectivity index (χ2n) is 2.40. The Labute approximate surface area is 105 Å². The van der Waals surface area contributed by atoms with Crippen LogP contribution in [0.15, 0.2) is 12.2 Å². The smallest absolute Gasteiger partial charge is 0.328 e. The molecule has 0 bridgehead atoms. The van der Waals surface area contributed by atoms with Crippen molar-refractivity contribution in [3.05, 3.63) is 12.2 Å². The molecular formula is C10H16N4O4. The summed E-state index contributed by atoms with van der Waals surface area (Å²) in [6, 6.07) is 3.78. The number of nitriles is 2. The van der Waals surface area contributed by atoms with Gasteiger partial charge in [-0.3, -0.25) is 0 Å². The third kappa shape index (κ3) is 49.6. The Morgan fingerprint density at radius 1 is 0.944 bits per heavy atom. The van der Waals surface area contributed by atoms with E-state index in [0.29, 0.717) is 38.1 Å². The first-order chi connectivity index (χ1) is 8.45. The highest BCUT2D eigenvalue weighted by Gasteiger charge is 1.88. The van der Waals surface area contributed by atoms with E-state index in [1.54, 1.807) is 0 Å². The third-order valence-electron chi connectivity index (χ3n) is 0.881. The number of carboxylic acid groups (broad SMARTS) is 2. The summed E-state index contributed by atoms with van der Waals surface area (Å²) < 4.78 is 0. The lowest BCUT2D eigenvalue weighted by molar-refractivity contribution is -0.134. The minimum Gasteiger partial charge on any atom is -0.478 e. The Hall–Kier alpha value is -2.42. The van der Waals surface area contributed by atoms with Crippen molar-refractivity contribution >= 4 is 11.9 Å². The van der Waals surface area contributed by atoms with Gasteiger partial charge in [0.25, 0.3) is 0 Å². The highest BCUT2D eigenvalue weighted by molar-refractivity contribution is 5.89.